The first-order chi connectivity index (χ1) is 20.1. The van der Waals surface area contributed by atoms with Crippen LogP contribution in [0.2, 0.25) is 0 Å². The number of halogens is 1. The Morgan fingerprint density at radius 2 is 1.57 bits per heavy atom. The van der Waals surface area contributed by atoms with Gasteiger partial charge < -0.3 is 10.2 Å². The minimum absolute atomic E-state index is 0.0898. The number of anilines is 1. The van der Waals surface area contributed by atoms with E-state index in [9.17, 15) is 18.0 Å². The van der Waals surface area contributed by atoms with Crippen molar-refractivity contribution in [2.45, 2.75) is 74.4 Å². The maximum absolute atomic E-state index is 14.1. The molecule has 3 aromatic rings. The second kappa shape index (κ2) is 14.6. The number of thioether (sulfide) groups is 1. The van der Waals surface area contributed by atoms with Gasteiger partial charge in [-0.25, -0.2) is 8.42 Å². The molecular weight excluding hydrogens is 634 g/mol. The molecule has 1 aliphatic rings. The van der Waals surface area contributed by atoms with Crippen molar-refractivity contribution >= 4 is 55.2 Å². The largest absolute Gasteiger partial charge is 0.352 e. The Bertz CT molecular complexity index is 1460. The molecule has 0 aromatic heterocycles. The number of rotatable bonds is 11. The van der Waals surface area contributed by atoms with E-state index >= 15 is 0 Å². The van der Waals surface area contributed by atoms with Gasteiger partial charge >= 0.3 is 0 Å². The Labute approximate surface area is 262 Å². The number of benzene rings is 3. The summed E-state index contributed by atoms with van der Waals surface area (Å²) in [6, 6.07) is 20.5. The van der Waals surface area contributed by atoms with E-state index in [4.69, 9.17) is 0 Å². The molecule has 1 unspecified atom stereocenters. The number of carbonyl (C=O) groups is 2. The fourth-order valence-corrected chi connectivity index (χ4v) is 7.14. The summed E-state index contributed by atoms with van der Waals surface area (Å²) in [5.74, 6) is -0.696. The normalized spacial score (nSPS) is 14.7. The second-order valence-electron chi connectivity index (χ2n) is 10.7. The summed E-state index contributed by atoms with van der Waals surface area (Å²) in [5, 5.41) is 3.13. The predicted molar refractivity (Wildman–Crippen MR) is 173 cm³/mol. The third kappa shape index (κ3) is 8.17. The van der Waals surface area contributed by atoms with E-state index in [1.165, 1.54) is 23.1 Å². The van der Waals surface area contributed by atoms with Gasteiger partial charge in [0.25, 0.3) is 10.0 Å². The SMILES string of the molecule is CSc1ccc(S(=O)(=O)N(CC(=O)N(Cc2ccc(Br)cc2)C(C)C(=O)NC2CCCCC2)c2ccc(C)cc2)cc1. The monoisotopic (exact) mass is 671 g/mol. The van der Waals surface area contributed by atoms with E-state index in [0.717, 1.165) is 50.5 Å². The lowest BCUT2D eigenvalue weighted by atomic mass is 9.95. The molecule has 4 rings (SSSR count). The third-order valence-corrected chi connectivity index (χ3v) is 10.7. The van der Waals surface area contributed by atoms with E-state index in [-0.39, 0.29) is 23.4 Å². The molecule has 1 aliphatic carbocycles. The lowest BCUT2D eigenvalue weighted by Crippen LogP contribution is -2.53. The minimum Gasteiger partial charge on any atom is -0.352 e. The topological polar surface area (TPSA) is 86.8 Å². The fraction of sp³-hybridized carbons (Fsp3) is 0.375. The molecule has 1 atom stereocenters. The van der Waals surface area contributed by atoms with Crippen molar-refractivity contribution in [2.24, 2.45) is 0 Å². The Morgan fingerprint density at radius 1 is 0.952 bits per heavy atom. The smallest absolute Gasteiger partial charge is 0.264 e. The quantitative estimate of drug-likeness (QED) is 0.234. The van der Waals surface area contributed by atoms with Crippen LogP contribution in [0.4, 0.5) is 5.69 Å². The number of nitrogens with zero attached hydrogens (tertiary/aromatic N) is 2. The van der Waals surface area contributed by atoms with Crippen LogP contribution >= 0.6 is 27.7 Å². The Hall–Kier alpha value is -2.82. The summed E-state index contributed by atoms with van der Waals surface area (Å²) in [6.45, 7) is 3.34. The van der Waals surface area contributed by atoms with E-state index in [0.29, 0.717) is 5.69 Å². The molecule has 0 saturated heterocycles. The molecular formula is C32H38BrN3O4S2. The summed E-state index contributed by atoms with van der Waals surface area (Å²) in [5.41, 5.74) is 2.18. The summed E-state index contributed by atoms with van der Waals surface area (Å²) < 4.78 is 30.0. The van der Waals surface area contributed by atoms with Gasteiger partial charge in [-0.3, -0.25) is 13.9 Å². The maximum atomic E-state index is 14.1. The van der Waals surface area contributed by atoms with Gasteiger partial charge in [-0.2, -0.15) is 0 Å². The number of aryl methyl sites for hydroxylation is 1. The summed E-state index contributed by atoms with van der Waals surface area (Å²) >= 11 is 4.96. The van der Waals surface area contributed by atoms with Crippen LogP contribution in [-0.2, 0) is 26.2 Å². The number of hydrogen-bond acceptors (Lipinski definition) is 5. The molecule has 7 nitrogen and oxygen atoms in total. The average molecular weight is 673 g/mol. The van der Waals surface area contributed by atoms with Crippen molar-refractivity contribution in [1.82, 2.24) is 10.2 Å². The highest BCUT2D eigenvalue weighted by atomic mass is 79.9. The molecule has 2 amide bonds. The zero-order valence-electron chi connectivity index (χ0n) is 24.3. The van der Waals surface area contributed by atoms with Crippen molar-refractivity contribution in [3.63, 3.8) is 0 Å². The van der Waals surface area contributed by atoms with Crippen molar-refractivity contribution in [3.8, 4) is 0 Å². The van der Waals surface area contributed by atoms with Gasteiger partial charge in [0.15, 0.2) is 0 Å². The first-order valence-electron chi connectivity index (χ1n) is 14.2. The Kier molecular flexibility index (Phi) is 11.1. The second-order valence-corrected chi connectivity index (χ2v) is 14.3. The van der Waals surface area contributed by atoms with Crippen LogP contribution < -0.4 is 9.62 Å². The number of carbonyl (C=O) groups excluding carboxylic acids is 2. The molecule has 0 radical (unpaired) electrons. The maximum Gasteiger partial charge on any atom is 0.264 e. The molecule has 1 fully saturated rings. The zero-order valence-corrected chi connectivity index (χ0v) is 27.5. The summed E-state index contributed by atoms with van der Waals surface area (Å²) in [7, 11) is -4.10. The first-order valence-corrected chi connectivity index (χ1v) is 17.6. The van der Waals surface area contributed by atoms with Gasteiger partial charge in [-0.05, 0) is 87.0 Å². The highest BCUT2D eigenvalue weighted by Crippen LogP contribution is 2.27. The lowest BCUT2D eigenvalue weighted by Gasteiger charge is -2.33. The van der Waals surface area contributed by atoms with Crippen LogP contribution in [0.3, 0.4) is 0 Å². The van der Waals surface area contributed by atoms with Crippen molar-refractivity contribution in [2.75, 3.05) is 17.1 Å². The number of hydrogen-bond donors (Lipinski definition) is 1. The van der Waals surface area contributed by atoms with Gasteiger partial charge in [-0.15, -0.1) is 11.8 Å². The summed E-state index contributed by atoms with van der Waals surface area (Å²) in [4.78, 5) is 30.0. The third-order valence-electron chi connectivity index (χ3n) is 7.63. The lowest BCUT2D eigenvalue weighted by molar-refractivity contribution is -0.139. The zero-order chi connectivity index (χ0) is 30.3. The van der Waals surface area contributed by atoms with E-state index in [1.54, 1.807) is 43.3 Å². The summed E-state index contributed by atoms with van der Waals surface area (Å²) in [6.07, 6.45) is 7.08. The number of nitrogens with one attached hydrogen (secondary N) is 1. The van der Waals surface area contributed by atoms with Crippen LogP contribution in [0, 0.1) is 6.92 Å². The molecule has 1 saturated carbocycles. The standard InChI is InChI=1S/C32H38BrN3O4S2/c1-23-9-15-28(16-10-23)36(42(39,40)30-19-17-29(41-3)18-20-30)22-31(37)35(21-25-11-13-26(33)14-12-25)24(2)32(38)34-27-7-5-4-6-8-27/h9-20,24,27H,4-8,21-22H2,1-3H3,(H,34,38). The van der Waals surface area contributed by atoms with Crippen molar-refractivity contribution in [3.05, 3.63) is 88.4 Å². The molecule has 10 heteroatoms. The molecule has 0 heterocycles. The van der Waals surface area contributed by atoms with E-state index in [1.807, 2.05) is 49.6 Å². The van der Waals surface area contributed by atoms with Gasteiger partial charge in [0.05, 0.1) is 10.6 Å². The molecule has 0 aliphatic heterocycles. The highest BCUT2D eigenvalue weighted by molar-refractivity contribution is 9.10. The fourth-order valence-electron chi connectivity index (χ4n) is 5.05. The molecule has 0 bridgehead atoms. The molecule has 0 spiro atoms. The van der Waals surface area contributed by atoms with Crippen LogP contribution in [0.25, 0.3) is 0 Å². The van der Waals surface area contributed by atoms with Crippen molar-refractivity contribution in [1.29, 1.82) is 0 Å². The van der Waals surface area contributed by atoms with Crippen LogP contribution in [0.15, 0.2) is 87.1 Å². The predicted octanol–water partition coefficient (Wildman–Crippen LogP) is 6.54. The number of amides is 2. The molecule has 224 valence electrons. The van der Waals surface area contributed by atoms with Crippen LogP contribution in [0.1, 0.15) is 50.2 Å². The first kappa shape index (κ1) is 32.1. The average Bonchev–Trinajstić information content (AvgIpc) is 3.00. The molecule has 3 aromatic carbocycles. The highest BCUT2D eigenvalue weighted by Gasteiger charge is 2.33. The van der Waals surface area contributed by atoms with E-state index in [2.05, 4.69) is 21.2 Å². The van der Waals surface area contributed by atoms with Crippen LogP contribution in [0.5, 0.6) is 0 Å². The number of sulfonamides is 1. The van der Waals surface area contributed by atoms with Gasteiger partial charge in [0, 0.05) is 22.0 Å². The minimum atomic E-state index is -4.10. The van der Waals surface area contributed by atoms with E-state index < -0.39 is 28.5 Å². The van der Waals surface area contributed by atoms with Crippen molar-refractivity contribution < 1.29 is 18.0 Å². The Balaban J connectivity index is 1.66. The molecule has 42 heavy (non-hydrogen) atoms. The van der Waals surface area contributed by atoms with Gasteiger partial charge in [0.1, 0.15) is 12.6 Å². The Morgan fingerprint density at radius 3 is 2.17 bits per heavy atom. The molecule has 1 N–H and O–H groups in total. The van der Waals surface area contributed by atoms with Gasteiger partial charge in [-0.1, -0.05) is 65.0 Å². The van der Waals surface area contributed by atoms with Crippen LogP contribution in [-0.4, -0.2) is 50.0 Å². The van der Waals surface area contributed by atoms with Gasteiger partial charge in [0.2, 0.25) is 11.8 Å².